The van der Waals surface area contributed by atoms with E-state index in [0.29, 0.717) is 17.0 Å². The third kappa shape index (κ3) is 5.57. The Balaban J connectivity index is 1.57. The second kappa shape index (κ2) is 10.8. The van der Waals surface area contributed by atoms with Gasteiger partial charge in [0.15, 0.2) is 11.5 Å². The second-order valence-corrected chi connectivity index (χ2v) is 10.4. The number of benzene rings is 3. The van der Waals surface area contributed by atoms with E-state index in [4.69, 9.17) is 9.47 Å². The van der Waals surface area contributed by atoms with Crippen molar-refractivity contribution < 1.29 is 19.1 Å². The maximum Gasteiger partial charge on any atom is 0.247 e. The fourth-order valence-electron chi connectivity index (χ4n) is 4.65. The Labute approximate surface area is 227 Å². The summed E-state index contributed by atoms with van der Waals surface area (Å²) in [4.78, 5) is 29.8. The predicted molar refractivity (Wildman–Crippen MR) is 147 cm³/mol. The van der Waals surface area contributed by atoms with E-state index in [1.165, 1.54) is 0 Å². The van der Waals surface area contributed by atoms with Crippen molar-refractivity contribution in [3.8, 4) is 11.5 Å². The molecule has 0 radical (unpaired) electrons. The second-order valence-electron chi connectivity index (χ2n) is 10.4. The van der Waals surface area contributed by atoms with E-state index < -0.39 is 11.6 Å². The number of nitrogens with one attached hydrogen (secondary N) is 1. The highest BCUT2D eigenvalue weighted by molar-refractivity contribution is 5.90. The predicted octanol–water partition coefficient (Wildman–Crippen LogP) is 4.54. The van der Waals surface area contributed by atoms with Crippen LogP contribution < -0.4 is 14.8 Å². The minimum absolute atomic E-state index is 0.0715. The summed E-state index contributed by atoms with van der Waals surface area (Å²) >= 11 is 0. The van der Waals surface area contributed by atoms with Crippen molar-refractivity contribution in [3.05, 3.63) is 83.4 Å². The largest absolute Gasteiger partial charge is 0.454 e. The van der Waals surface area contributed by atoms with Gasteiger partial charge in [-0.25, -0.2) is 4.68 Å². The molecule has 5 rings (SSSR count). The standard InChI is InChI=1S/C30H33N5O4/c1-5-30(3,4)31-29(37)28(22-11-7-6-10-20(22)2)34(17-21-14-15-25-26(16-21)39-19-38-25)27(36)18-35-24-13-9-8-12-23(24)32-33-35/h6-16,28H,5,17-19H2,1-4H3,(H,31,37). The topological polar surface area (TPSA) is 98.6 Å². The molecule has 0 bridgehead atoms. The van der Waals surface area contributed by atoms with Gasteiger partial charge in [-0.1, -0.05) is 54.6 Å². The molecule has 0 aliphatic carbocycles. The number of amides is 2. The van der Waals surface area contributed by atoms with Crippen LogP contribution in [0.2, 0.25) is 0 Å². The van der Waals surface area contributed by atoms with Crippen molar-refractivity contribution in [2.24, 2.45) is 0 Å². The lowest BCUT2D eigenvalue weighted by Crippen LogP contribution is -2.50. The number of carbonyl (C=O) groups excluding carboxylic acids is 2. The van der Waals surface area contributed by atoms with Gasteiger partial charge in [0.1, 0.15) is 18.1 Å². The van der Waals surface area contributed by atoms with E-state index in [1.807, 2.05) is 94.4 Å². The number of nitrogens with zero attached hydrogens (tertiary/aromatic N) is 4. The molecule has 1 aromatic heterocycles. The molecule has 0 fully saturated rings. The average Bonchev–Trinajstić information content (AvgIpc) is 3.56. The lowest BCUT2D eigenvalue weighted by molar-refractivity contribution is -0.143. The lowest BCUT2D eigenvalue weighted by Gasteiger charge is -2.35. The summed E-state index contributed by atoms with van der Waals surface area (Å²) < 4.78 is 12.6. The number of carbonyl (C=O) groups is 2. The Hall–Kier alpha value is -4.40. The van der Waals surface area contributed by atoms with Crippen LogP contribution in [0.4, 0.5) is 0 Å². The highest BCUT2D eigenvalue weighted by Gasteiger charge is 2.35. The summed E-state index contributed by atoms with van der Waals surface area (Å²) in [6.07, 6.45) is 0.736. The fraction of sp³-hybridized carbons (Fsp3) is 0.333. The maximum absolute atomic E-state index is 14.2. The number of hydrogen-bond acceptors (Lipinski definition) is 6. The van der Waals surface area contributed by atoms with Crippen molar-refractivity contribution in [1.29, 1.82) is 0 Å². The minimum atomic E-state index is -0.871. The molecular formula is C30H33N5O4. The number of hydrogen-bond donors (Lipinski definition) is 1. The number of rotatable bonds is 9. The molecule has 2 heterocycles. The van der Waals surface area contributed by atoms with Crippen LogP contribution in [-0.2, 0) is 22.7 Å². The fourth-order valence-corrected chi connectivity index (χ4v) is 4.65. The lowest BCUT2D eigenvalue weighted by atomic mass is 9.95. The monoisotopic (exact) mass is 527 g/mol. The normalized spacial score (nSPS) is 13.3. The van der Waals surface area contributed by atoms with Crippen LogP contribution in [0.25, 0.3) is 11.0 Å². The Morgan fingerprint density at radius 2 is 1.79 bits per heavy atom. The van der Waals surface area contributed by atoms with Crippen molar-refractivity contribution in [2.45, 2.75) is 58.8 Å². The number of fused-ring (bicyclic) bond motifs is 2. The highest BCUT2D eigenvalue weighted by atomic mass is 16.7. The van der Waals surface area contributed by atoms with E-state index in [9.17, 15) is 9.59 Å². The first-order valence-electron chi connectivity index (χ1n) is 13.1. The summed E-state index contributed by atoms with van der Waals surface area (Å²) in [7, 11) is 0. The molecule has 9 nitrogen and oxygen atoms in total. The molecule has 0 saturated heterocycles. The van der Waals surface area contributed by atoms with Crippen molar-refractivity contribution >= 4 is 22.8 Å². The van der Waals surface area contributed by atoms with Crippen LogP contribution in [0.15, 0.2) is 66.7 Å². The number of aromatic nitrogens is 3. The first kappa shape index (κ1) is 26.2. The van der Waals surface area contributed by atoms with Gasteiger partial charge in [-0.15, -0.1) is 5.10 Å². The smallest absolute Gasteiger partial charge is 0.247 e. The first-order valence-corrected chi connectivity index (χ1v) is 13.1. The molecule has 4 aromatic rings. The molecule has 0 saturated carbocycles. The molecule has 2 amide bonds. The summed E-state index contributed by atoms with van der Waals surface area (Å²) in [5.74, 6) is 0.768. The summed E-state index contributed by atoms with van der Waals surface area (Å²) in [5, 5.41) is 11.6. The minimum Gasteiger partial charge on any atom is -0.454 e. The van der Waals surface area contributed by atoms with Gasteiger partial charge in [0.25, 0.3) is 0 Å². The van der Waals surface area contributed by atoms with Crippen molar-refractivity contribution in [1.82, 2.24) is 25.2 Å². The Morgan fingerprint density at radius 1 is 1.05 bits per heavy atom. The molecule has 1 aliphatic rings. The molecule has 1 N–H and O–H groups in total. The SMILES string of the molecule is CCC(C)(C)NC(=O)C(c1ccccc1C)N(Cc1ccc2c(c1)OCO2)C(=O)Cn1nnc2ccccc21. The van der Waals surface area contributed by atoms with Crippen LogP contribution in [0, 0.1) is 6.92 Å². The van der Waals surface area contributed by atoms with Gasteiger partial charge in [0.2, 0.25) is 18.6 Å². The summed E-state index contributed by atoms with van der Waals surface area (Å²) in [6, 6.07) is 19.9. The number of aryl methyl sites for hydroxylation is 1. The zero-order chi connectivity index (χ0) is 27.6. The molecule has 9 heteroatoms. The third-order valence-electron chi connectivity index (χ3n) is 7.20. The van der Waals surface area contributed by atoms with Gasteiger partial charge in [-0.2, -0.15) is 0 Å². The summed E-state index contributed by atoms with van der Waals surface area (Å²) in [5.41, 5.74) is 3.50. The Kier molecular flexibility index (Phi) is 7.24. The van der Waals surface area contributed by atoms with E-state index in [0.717, 1.165) is 28.6 Å². The molecule has 3 aromatic carbocycles. The van der Waals surface area contributed by atoms with Crippen molar-refractivity contribution in [3.63, 3.8) is 0 Å². The highest BCUT2D eigenvalue weighted by Crippen LogP contribution is 2.34. The molecule has 202 valence electrons. The number of para-hydroxylation sites is 1. The molecule has 39 heavy (non-hydrogen) atoms. The Bertz CT molecular complexity index is 1510. The van der Waals surface area contributed by atoms with Gasteiger partial charge in [-0.3, -0.25) is 9.59 Å². The van der Waals surface area contributed by atoms with Crippen molar-refractivity contribution in [2.75, 3.05) is 6.79 Å². The third-order valence-corrected chi connectivity index (χ3v) is 7.20. The van der Waals surface area contributed by atoms with E-state index in [1.54, 1.807) is 9.58 Å². The zero-order valence-electron chi connectivity index (χ0n) is 22.7. The van der Waals surface area contributed by atoms with Crippen LogP contribution in [0.1, 0.15) is 49.9 Å². The quantitative estimate of drug-likeness (QED) is 0.343. The van der Waals surface area contributed by atoms with Gasteiger partial charge in [0, 0.05) is 12.1 Å². The van der Waals surface area contributed by atoms with Gasteiger partial charge in [-0.05, 0) is 68.1 Å². The molecule has 1 atom stereocenters. The number of ether oxygens (including phenoxy) is 2. The van der Waals surface area contributed by atoms with E-state index >= 15 is 0 Å². The average molecular weight is 528 g/mol. The van der Waals surface area contributed by atoms with Crippen LogP contribution in [0.5, 0.6) is 11.5 Å². The molecule has 1 unspecified atom stereocenters. The van der Waals surface area contributed by atoms with Crippen LogP contribution in [-0.4, -0.2) is 44.0 Å². The summed E-state index contributed by atoms with van der Waals surface area (Å²) in [6.45, 7) is 8.19. The molecule has 1 aliphatic heterocycles. The first-order chi connectivity index (χ1) is 18.8. The molecular weight excluding hydrogens is 494 g/mol. The van der Waals surface area contributed by atoms with Crippen LogP contribution >= 0.6 is 0 Å². The van der Waals surface area contributed by atoms with E-state index in [-0.39, 0.29) is 31.7 Å². The zero-order valence-corrected chi connectivity index (χ0v) is 22.7. The van der Waals surface area contributed by atoms with Gasteiger partial charge >= 0.3 is 0 Å². The van der Waals surface area contributed by atoms with Gasteiger partial charge in [0.05, 0.1) is 5.52 Å². The Morgan fingerprint density at radius 3 is 2.59 bits per heavy atom. The van der Waals surface area contributed by atoms with Gasteiger partial charge < -0.3 is 19.7 Å². The van der Waals surface area contributed by atoms with Crippen LogP contribution in [0.3, 0.4) is 0 Å². The maximum atomic E-state index is 14.2. The van der Waals surface area contributed by atoms with E-state index in [2.05, 4.69) is 15.6 Å². The molecule has 0 spiro atoms.